The zero-order valence-corrected chi connectivity index (χ0v) is 14.0. The highest BCUT2D eigenvalue weighted by Gasteiger charge is 2.27. The smallest absolute Gasteiger partial charge is 0.229 e. The Balaban J connectivity index is 2.15. The molecule has 112 valence electrons. The van der Waals surface area contributed by atoms with Crippen molar-refractivity contribution in [2.45, 2.75) is 52.0 Å². The number of alkyl halides is 1. The molecule has 1 fully saturated rings. The van der Waals surface area contributed by atoms with E-state index in [9.17, 15) is 0 Å². The zero-order valence-electron chi connectivity index (χ0n) is 12.4. The van der Waals surface area contributed by atoms with E-state index < -0.39 is 0 Å². The van der Waals surface area contributed by atoms with E-state index >= 15 is 0 Å². The Labute approximate surface area is 130 Å². The first-order valence-corrected chi connectivity index (χ1v) is 8.67. The van der Waals surface area contributed by atoms with Crippen molar-refractivity contribution < 1.29 is 4.74 Å². The highest BCUT2D eigenvalue weighted by molar-refractivity contribution is 9.09. The van der Waals surface area contributed by atoms with Crippen molar-refractivity contribution in [1.29, 1.82) is 0 Å². The second kappa shape index (κ2) is 7.81. The second-order valence-corrected chi connectivity index (χ2v) is 6.11. The molecule has 1 aliphatic carbocycles. The standard InChI is InChI=1S/C15H24BrN3O/c1-3-10-20-14-11-12(2)17-15(18-14)19(9-5-8-16)13-6-4-7-13/h11,13H,3-10H2,1-2H3. The van der Waals surface area contributed by atoms with Crippen molar-refractivity contribution in [1.82, 2.24) is 9.97 Å². The van der Waals surface area contributed by atoms with Crippen LogP contribution in [0.4, 0.5) is 5.95 Å². The number of aromatic nitrogens is 2. The topological polar surface area (TPSA) is 38.2 Å². The Bertz CT molecular complexity index is 424. The molecule has 0 bridgehead atoms. The van der Waals surface area contributed by atoms with E-state index in [4.69, 9.17) is 4.74 Å². The molecule has 1 aromatic heterocycles. The lowest BCUT2D eigenvalue weighted by Gasteiger charge is -2.37. The molecule has 0 saturated heterocycles. The third-order valence-corrected chi connectivity index (χ3v) is 4.14. The Morgan fingerprint density at radius 1 is 1.40 bits per heavy atom. The Hall–Kier alpha value is -0.840. The van der Waals surface area contributed by atoms with Gasteiger partial charge in [-0.05, 0) is 39.0 Å². The van der Waals surface area contributed by atoms with Gasteiger partial charge in [0.15, 0.2) is 0 Å². The van der Waals surface area contributed by atoms with Gasteiger partial charge in [-0.1, -0.05) is 22.9 Å². The van der Waals surface area contributed by atoms with Gasteiger partial charge >= 0.3 is 0 Å². The van der Waals surface area contributed by atoms with Gasteiger partial charge in [-0.25, -0.2) is 4.98 Å². The molecule has 5 heteroatoms. The van der Waals surface area contributed by atoms with Crippen molar-refractivity contribution >= 4 is 21.9 Å². The van der Waals surface area contributed by atoms with E-state index in [1.54, 1.807) is 0 Å². The minimum atomic E-state index is 0.606. The van der Waals surface area contributed by atoms with Crippen LogP contribution in [0.5, 0.6) is 5.88 Å². The first-order chi connectivity index (χ1) is 9.74. The van der Waals surface area contributed by atoms with Gasteiger partial charge in [-0.2, -0.15) is 4.98 Å². The number of halogens is 1. The number of hydrogen-bond donors (Lipinski definition) is 0. The minimum Gasteiger partial charge on any atom is -0.478 e. The average Bonchev–Trinajstić information content (AvgIpc) is 2.38. The summed E-state index contributed by atoms with van der Waals surface area (Å²) in [5.41, 5.74) is 0.976. The summed E-state index contributed by atoms with van der Waals surface area (Å²) >= 11 is 3.51. The highest BCUT2D eigenvalue weighted by atomic mass is 79.9. The van der Waals surface area contributed by atoms with Crippen LogP contribution in [0.15, 0.2) is 6.07 Å². The number of anilines is 1. The van der Waals surface area contributed by atoms with E-state index in [1.165, 1.54) is 19.3 Å². The van der Waals surface area contributed by atoms with Crippen LogP contribution in [-0.4, -0.2) is 34.5 Å². The fourth-order valence-corrected chi connectivity index (χ4v) is 2.56. The number of hydrogen-bond acceptors (Lipinski definition) is 4. The van der Waals surface area contributed by atoms with Crippen LogP contribution in [-0.2, 0) is 0 Å². The van der Waals surface area contributed by atoms with Gasteiger partial charge < -0.3 is 9.64 Å². The SMILES string of the molecule is CCCOc1cc(C)nc(N(CCCBr)C2CCC2)n1. The van der Waals surface area contributed by atoms with Gasteiger partial charge in [0, 0.05) is 29.7 Å². The van der Waals surface area contributed by atoms with E-state index in [0.717, 1.165) is 36.4 Å². The first-order valence-electron chi connectivity index (χ1n) is 7.55. The Morgan fingerprint density at radius 3 is 2.80 bits per heavy atom. The average molecular weight is 342 g/mol. The van der Waals surface area contributed by atoms with Gasteiger partial charge in [0.05, 0.1) is 6.61 Å². The number of ether oxygens (including phenoxy) is 1. The second-order valence-electron chi connectivity index (χ2n) is 5.32. The van der Waals surface area contributed by atoms with Gasteiger partial charge in [-0.15, -0.1) is 0 Å². The fraction of sp³-hybridized carbons (Fsp3) is 0.733. The van der Waals surface area contributed by atoms with Crippen LogP contribution in [0, 0.1) is 6.92 Å². The number of nitrogens with zero attached hydrogens (tertiary/aromatic N) is 3. The summed E-state index contributed by atoms with van der Waals surface area (Å²) < 4.78 is 5.68. The monoisotopic (exact) mass is 341 g/mol. The molecule has 1 aliphatic rings. The first kappa shape index (κ1) is 15.5. The maximum Gasteiger partial charge on any atom is 0.229 e. The molecule has 4 nitrogen and oxygen atoms in total. The molecule has 20 heavy (non-hydrogen) atoms. The molecular weight excluding hydrogens is 318 g/mol. The summed E-state index contributed by atoms with van der Waals surface area (Å²) in [7, 11) is 0. The number of rotatable bonds is 8. The third-order valence-electron chi connectivity index (χ3n) is 3.58. The van der Waals surface area contributed by atoms with Crippen molar-refractivity contribution in [3.05, 3.63) is 11.8 Å². The molecule has 0 aromatic carbocycles. The summed E-state index contributed by atoms with van der Waals surface area (Å²) in [5.74, 6) is 1.54. The lowest BCUT2D eigenvalue weighted by atomic mass is 9.91. The summed E-state index contributed by atoms with van der Waals surface area (Å²) in [6.45, 7) is 5.83. The highest BCUT2D eigenvalue weighted by Crippen LogP contribution is 2.29. The summed E-state index contributed by atoms with van der Waals surface area (Å²) in [6, 6.07) is 2.53. The summed E-state index contributed by atoms with van der Waals surface area (Å²) in [5, 5.41) is 1.02. The summed E-state index contributed by atoms with van der Waals surface area (Å²) in [6.07, 6.45) is 5.93. The molecule has 1 saturated carbocycles. The van der Waals surface area contributed by atoms with Crippen LogP contribution >= 0.6 is 15.9 Å². The molecule has 0 aliphatic heterocycles. The van der Waals surface area contributed by atoms with E-state index in [-0.39, 0.29) is 0 Å². The Morgan fingerprint density at radius 2 is 2.20 bits per heavy atom. The van der Waals surface area contributed by atoms with Gasteiger partial charge in [0.25, 0.3) is 0 Å². The van der Waals surface area contributed by atoms with Crippen molar-refractivity contribution in [2.75, 3.05) is 23.4 Å². The maximum absolute atomic E-state index is 5.68. The van der Waals surface area contributed by atoms with Gasteiger partial charge in [0.2, 0.25) is 11.8 Å². The fourth-order valence-electron chi connectivity index (χ4n) is 2.31. The Kier molecular flexibility index (Phi) is 6.07. The molecule has 0 atom stereocenters. The number of aryl methyl sites for hydroxylation is 1. The van der Waals surface area contributed by atoms with E-state index in [0.29, 0.717) is 18.5 Å². The maximum atomic E-state index is 5.68. The van der Waals surface area contributed by atoms with Crippen LogP contribution in [0.3, 0.4) is 0 Å². The van der Waals surface area contributed by atoms with Crippen LogP contribution in [0.2, 0.25) is 0 Å². The zero-order chi connectivity index (χ0) is 14.4. The molecule has 0 unspecified atom stereocenters. The largest absolute Gasteiger partial charge is 0.478 e. The van der Waals surface area contributed by atoms with Crippen LogP contribution in [0.1, 0.15) is 44.7 Å². The van der Waals surface area contributed by atoms with Crippen LogP contribution < -0.4 is 9.64 Å². The van der Waals surface area contributed by atoms with Crippen molar-refractivity contribution in [3.8, 4) is 5.88 Å². The molecule has 0 radical (unpaired) electrons. The molecule has 2 rings (SSSR count). The minimum absolute atomic E-state index is 0.606. The molecule has 0 amide bonds. The normalized spacial score (nSPS) is 14.9. The van der Waals surface area contributed by atoms with E-state index in [2.05, 4.69) is 37.7 Å². The molecule has 0 N–H and O–H groups in total. The van der Waals surface area contributed by atoms with E-state index in [1.807, 2.05) is 13.0 Å². The predicted molar refractivity (Wildman–Crippen MR) is 86.0 cm³/mol. The predicted octanol–water partition coefficient (Wildman–Crippen LogP) is 3.72. The van der Waals surface area contributed by atoms with Gasteiger partial charge in [-0.3, -0.25) is 0 Å². The van der Waals surface area contributed by atoms with Crippen molar-refractivity contribution in [2.24, 2.45) is 0 Å². The third kappa shape index (κ3) is 4.08. The summed E-state index contributed by atoms with van der Waals surface area (Å²) in [4.78, 5) is 11.6. The molecule has 0 spiro atoms. The van der Waals surface area contributed by atoms with Crippen LogP contribution in [0.25, 0.3) is 0 Å². The lowest BCUT2D eigenvalue weighted by molar-refractivity contribution is 0.303. The lowest BCUT2D eigenvalue weighted by Crippen LogP contribution is -2.42. The molecular formula is C15H24BrN3O. The quantitative estimate of drug-likeness (QED) is 0.675. The molecule has 1 heterocycles. The van der Waals surface area contributed by atoms with Gasteiger partial charge in [0.1, 0.15) is 0 Å². The molecule has 1 aromatic rings. The van der Waals surface area contributed by atoms with Crippen molar-refractivity contribution in [3.63, 3.8) is 0 Å².